The molecule has 0 aliphatic heterocycles. The lowest BCUT2D eigenvalue weighted by molar-refractivity contribution is -0.137. The van der Waals surface area contributed by atoms with E-state index >= 15 is 0 Å². The molecule has 0 aliphatic carbocycles. The van der Waals surface area contributed by atoms with Crippen molar-refractivity contribution in [3.63, 3.8) is 0 Å². The molecule has 0 saturated heterocycles. The van der Waals surface area contributed by atoms with Gasteiger partial charge in [-0.2, -0.15) is 13.2 Å². The fourth-order valence-corrected chi connectivity index (χ4v) is 3.43. The lowest BCUT2D eigenvalue weighted by atomic mass is 9.98. The molecule has 0 saturated carbocycles. The highest BCUT2D eigenvalue weighted by molar-refractivity contribution is 9.11. The summed E-state index contributed by atoms with van der Waals surface area (Å²) in [5.41, 5.74) is -0.918. The van der Waals surface area contributed by atoms with E-state index in [1.54, 1.807) is 13.0 Å². The predicted molar refractivity (Wildman–Crippen MR) is 71.6 cm³/mol. The van der Waals surface area contributed by atoms with Gasteiger partial charge in [0.25, 0.3) is 0 Å². The van der Waals surface area contributed by atoms with Crippen LogP contribution in [0, 0.1) is 6.92 Å². The van der Waals surface area contributed by atoms with Gasteiger partial charge in [-0.25, -0.2) is 0 Å². The first-order valence-corrected chi connectivity index (χ1v) is 6.88. The van der Waals surface area contributed by atoms with Crippen LogP contribution < -0.4 is 0 Å². The Morgan fingerprint density at radius 3 is 2.37 bits per heavy atom. The molecule has 6 heteroatoms. The number of alkyl halides is 3. The number of carbonyl (C=O) groups is 1. The summed E-state index contributed by atoms with van der Waals surface area (Å²) in [5.74, 6) is -0.604. The molecular weight excluding hydrogens is 341 g/mol. The Hall–Kier alpha value is -1.14. The maximum absolute atomic E-state index is 12.9. The van der Waals surface area contributed by atoms with Gasteiger partial charge in [0.1, 0.15) is 0 Å². The molecule has 0 unspecified atom stereocenters. The highest BCUT2D eigenvalue weighted by Crippen LogP contribution is 2.34. The van der Waals surface area contributed by atoms with Crippen molar-refractivity contribution in [2.45, 2.75) is 13.1 Å². The van der Waals surface area contributed by atoms with Crippen molar-refractivity contribution in [3.8, 4) is 0 Å². The van der Waals surface area contributed by atoms with Crippen LogP contribution in [-0.4, -0.2) is 5.78 Å². The Kier molecular flexibility index (Phi) is 3.82. The summed E-state index contributed by atoms with van der Waals surface area (Å²) in [6, 6.07) is 6.38. The Bertz CT molecular complexity index is 631. The minimum absolute atomic E-state index is 0.300. The summed E-state index contributed by atoms with van der Waals surface area (Å²) in [6.45, 7) is 1.71. The topological polar surface area (TPSA) is 17.1 Å². The summed E-state index contributed by atoms with van der Waals surface area (Å²) in [6.07, 6.45) is -4.53. The summed E-state index contributed by atoms with van der Waals surface area (Å²) < 4.78 is 39.3. The molecule has 0 amide bonds. The van der Waals surface area contributed by atoms with Crippen molar-refractivity contribution >= 4 is 33.0 Å². The zero-order valence-corrected chi connectivity index (χ0v) is 12.1. The van der Waals surface area contributed by atoms with Crippen molar-refractivity contribution < 1.29 is 18.0 Å². The van der Waals surface area contributed by atoms with Gasteiger partial charge in [0.2, 0.25) is 0 Å². The van der Waals surface area contributed by atoms with E-state index in [1.807, 2.05) is 0 Å². The summed E-state index contributed by atoms with van der Waals surface area (Å²) >= 11 is 4.55. The smallest absolute Gasteiger partial charge is 0.289 e. The molecule has 0 spiro atoms. The van der Waals surface area contributed by atoms with Gasteiger partial charge in [-0.1, -0.05) is 18.2 Å². The number of benzene rings is 1. The van der Waals surface area contributed by atoms with Gasteiger partial charge in [-0.05, 0) is 35.0 Å². The molecule has 0 N–H and O–H groups in total. The molecule has 1 aromatic carbocycles. The second-order valence-electron chi connectivity index (χ2n) is 3.89. The summed E-state index contributed by atoms with van der Waals surface area (Å²) in [7, 11) is 0. The summed E-state index contributed by atoms with van der Waals surface area (Å²) in [5, 5.41) is 0. The quantitative estimate of drug-likeness (QED) is 0.692. The minimum atomic E-state index is -4.53. The van der Waals surface area contributed by atoms with Crippen molar-refractivity contribution in [1.29, 1.82) is 0 Å². The molecule has 1 nitrogen and oxygen atoms in total. The minimum Gasteiger partial charge on any atom is -0.289 e. The number of halogens is 4. The highest BCUT2D eigenvalue weighted by atomic mass is 79.9. The van der Waals surface area contributed by atoms with Crippen LogP contribution in [0.25, 0.3) is 0 Å². The van der Waals surface area contributed by atoms with Gasteiger partial charge < -0.3 is 0 Å². The van der Waals surface area contributed by atoms with Crippen molar-refractivity contribution in [2.24, 2.45) is 0 Å². The molecule has 0 bridgehead atoms. The molecule has 1 heterocycles. The van der Waals surface area contributed by atoms with E-state index in [4.69, 9.17) is 0 Å². The number of rotatable bonds is 2. The van der Waals surface area contributed by atoms with Crippen LogP contribution in [0.3, 0.4) is 0 Å². The number of aryl methyl sites for hydroxylation is 1. The van der Waals surface area contributed by atoms with Crippen LogP contribution >= 0.6 is 27.3 Å². The molecule has 0 radical (unpaired) electrons. The zero-order valence-electron chi connectivity index (χ0n) is 9.72. The standard InChI is InChI=1S/C13H8BrF3OS/c1-7-9(6-11(14)19-7)12(18)8-4-2-3-5-10(8)13(15,16)17/h2-6H,1H3. The predicted octanol–water partition coefficient (Wildman–Crippen LogP) is 5.07. The molecule has 2 aromatic rings. The van der Waals surface area contributed by atoms with Crippen molar-refractivity contribution in [1.82, 2.24) is 0 Å². The zero-order chi connectivity index (χ0) is 14.2. The van der Waals surface area contributed by atoms with Gasteiger partial charge in [-0.3, -0.25) is 4.79 Å². The van der Waals surface area contributed by atoms with Crippen LogP contribution in [0.2, 0.25) is 0 Å². The van der Waals surface area contributed by atoms with Gasteiger partial charge in [0.05, 0.1) is 9.35 Å². The first kappa shape index (κ1) is 14.3. The van der Waals surface area contributed by atoms with E-state index in [0.29, 0.717) is 10.4 Å². The molecule has 1 aromatic heterocycles. The van der Waals surface area contributed by atoms with E-state index in [1.165, 1.54) is 29.5 Å². The normalized spacial score (nSPS) is 11.6. The maximum Gasteiger partial charge on any atom is 0.417 e. The number of thiophene rings is 1. The van der Waals surface area contributed by atoms with Gasteiger partial charge in [0.15, 0.2) is 5.78 Å². The van der Waals surface area contributed by atoms with E-state index in [0.717, 1.165) is 9.85 Å². The molecule has 19 heavy (non-hydrogen) atoms. The largest absolute Gasteiger partial charge is 0.417 e. The fourth-order valence-electron chi connectivity index (χ4n) is 1.74. The van der Waals surface area contributed by atoms with E-state index in [2.05, 4.69) is 15.9 Å². The Balaban J connectivity index is 2.54. The highest BCUT2D eigenvalue weighted by Gasteiger charge is 2.35. The molecule has 0 atom stereocenters. The molecule has 2 rings (SSSR count). The first-order chi connectivity index (χ1) is 8.80. The number of ketones is 1. The third kappa shape index (κ3) is 2.90. The first-order valence-electron chi connectivity index (χ1n) is 5.27. The second kappa shape index (κ2) is 5.09. The summed E-state index contributed by atoms with van der Waals surface area (Å²) in [4.78, 5) is 12.9. The van der Waals surface area contributed by atoms with Crippen LogP contribution in [0.1, 0.15) is 26.4 Å². The maximum atomic E-state index is 12.9. The molecule has 100 valence electrons. The third-order valence-corrected chi connectivity index (χ3v) is 4.16. The third-order valence-electron chi connectivity index (χ3n) is 2.61. The Morgan fingerprint density at radius 1 is 1.21 bits per heavy atom. The van der Waals surface area contributed by atoms with Crippen molar-refractivity contribution in [3.05, 3.63) is 55.7 Å². The monoisotopic (exact) mass is 348 g/mol. The van der Waals surface area contributed by atoms with Crippen LogP contribution in [-0.2, 0) is 6.18 Å². The van der Waals surface area contributed by atoms with Crippen molar-refractivity contribution in [2.75, 3.05) is 0 Å². The number of hydrogen-bond donors (Lipinski definition) is 0. The average molecular weight is 349 g/mol. The SMILES string of the molecule is Cc1sc(Br)cc1C(=O)c1ccccc1C(F)(F)F. The molecule has 0 aliphatic rings. The van der Waals surface area contributed by atoms with Gasteiger partial charge in [-0.15, -0.1) is 11.3 Å². The van der Waals surface area contributed by atoms with E-state index in [-0.39, 0.29) is 5.56 Å². The Labute approximate surface area is 120 Å². The number of carbonyl (C=O) groups excluding carboxylic acids is 1. The second-order valence-corrected chi connectivity index (χ2v) is 6.53. The van der Waals surface area contributed by atoms with Crippen LogP contribution in [0.15, 0.2) is 34.1 Å². The van der Waals surface area contributed by atoms with Crippen LogP contribution in [0.5, 0.6) is 0 Å². The Morgan fingerprint density at radius 2 is 1.84 bits per heavy atom. The lowest BCUT2D eigenvalue weighted by Gasteiger charge is -2.11. The van der Waals surface area contributed by atoms with Gasteiger partial charge >= 0.3 is 6.18 Å². The molecular formula is C13H8BrF3OS. The van der Waals surface area contributed by atoms with E-state index in [9.17, 15) is 18.0 Å². The number of hydrogen-bond acceptors (Lipinski definition) is 2. The molecule has 0 fully saturated rings. The van der Waals surface area contributed by atoms with E-state index < -0.39 is 17.5 Å². The fraction of sp³-hybridized carbons (Fsp3) is 0.154. The van der Waals surface area contributed by atoms with Gasteiger partial charge in [0, 0.05) is 16.0 Å². The van der Waals surface area contributed by atoms with Crippen LogP contribution in [0.4, 0.5) is 13.2 Å². The lowest BCUT2D eigenvalue weighted by Crippen LogP contribution is -2.13. The average Bonchev–Trinajstić information content (AvgIpc) is 2.66.